The van der Waals surface area contributed by atoms with Crippen LogP contribution in [0, 0.1) is 0 Å². The van der Waals surface area contributed by atoms with Gasteiger partial charge in [0, 0.05) is 0 Å². The van der Waals surface area contributed by atoms with Crippen LogP contribution < -0.4 is 0 Å². The van der Waals surface area contributed by atoms with Gasteiger partial charge in [0.1, 0.15) is 0 Å². The Kier molecular flexibility index (Phi) is 6.05. The molecule has 0 N–H and O–H groups in total. The summed E-state index contributed by atoms with van der Waals surface area (Å²) in [5, 5.41) is 0. The maximum absolute atomic E-state index is 2.17. The molecular formula is C13H13Ti. The van der Waals surface area contributed by atoms with Crippen LogP contribution in [-0.2, 0) is 20.4 Å². The normalized spacial score (nSPS) is 17.6. The first-order chi connectivity index (χ1) is 6.89. The van der Waals surface area contributed by atoms with Crippen molar-refractivity contribution >= 4 is 0 Å². The molecule has 0 aromatic rings. The third kappa shape index (κ3) is 5.74. The van der Waals surface area contributed by atoms with Crippen molar-refractivity contribution in [3.05, 3.63) is 72.9 Å². The van der Waals surface area contributed by atoms with E-state index in [2.05, 4.69) is 44.7 Å². The molecule has 0 amide bonds. The summed E-state index contributed by atoms with van der Waals surface area (Å²) in [6, 6.07) is 0. The van der Waals surface area contributed by atoms with E-state index in [4.69, 9.17) is 0 Å². The molecular weight excluding hydrogens is 204 g/mol. The second-order valence-corrected chi connectivity index (χ2v) is 3.88. The van der Waals surface area contributed by atoms with Gasteiger partial charge in [0.05, 0.1) is 0 Å². The first kappa shape index (κ1) is 11.2. The number of hydrogen-bond donors (Lipinski definition) is 0. The van der Waals surface area contributed by atoms with E-state index in [0.717, 1.165) is 0 Å². The standard InChI is InChI=1S/C8H8.C5H5.Ti/c1-2-4-6-8-7-5-3-1;1-2-4-5-3-1;/h1-8H;1-5H;. The van der Waals surface area contributed by atoms with Crippen molar-refractivity contribution in [3.8, 4) is 0 Å². The molecule has 2 aliphatic rings. The third-order valence-corrected chi connectivity index (χ3v) is 2.24. The Morgan fingerprint density at radius 1 is 0.500 bits per heavy atom. The van der Waals surface area contributed by atoms with E-state index in [0.29, 0.717) is 4.22 Å². The molecule has 0 saturated carbocycles. The average Bonchev–Trinajstić information content (AvgIpc) is 2.55. The Morgan fingerprint density at radius 2 is 0.786 bits per heavy atom. The Hall–Kier alpha value is -0.846. The second-order valence-electron chi connectivity index (χ2n) is 2.84. The molecule has 2 aliphatic carbocycles. The third-order valence-electron chi connectivity index (χ3n) is 1.64. The minimum atomic E-state index is 0.685. The van der Waals surface area contributed by atoms with Crippen molar-refractivity contribution in [2.24, 2.45) is 0 Å². The van der Waals surface area contributed by atoms with Gasteiger partial charge in [-0.25, -0.2) is 0 Å². The van der Waals surface area contributed by atoms with E-state index < -0.39 is 0 Å². The van der Waals surface area contributed by atoms with Crippen LogP contribution in [0.3, 0.4) is 0 Å². The van der Waals surface area contributed by atoms with Gasteiger partial charge in [0.25, 0.3) is 0 Å². The van der Waals surface area contributed by atoms with Crippen LogP contribution in [0.5, 0.6) is 0 Å². The van der Waals surface area contributed by atoms with Gasteiger partial charge in [-0.1, -0.05) is 48.6 Å². The van der Waals surface area contributed by atoms with Crippen LogP contribution in [0.2, 0.25) is 4.22 Å². The zero-order valence-electron chi connectivity index (χ0n) is 8.01. The molecule has 0 fully saturated rings. The Morgan fingerprint density at radius 3 is 0.929 bits per heavy atom. The summed E-state index contributed by atoms with van der Waals surface area (Å²) in [5.74, 6) is 0. The fourth-order valence-electron chi connectivity index (χ4n) is 0.945. The van der Waals surface area contributed by atoms with E-state index >= 15 is 0 Å². The summed E-state index contributed by atoms with van der Waals surface area (Å²) in [6.07, 6.45) is 24.5. The molecule has 0 radical (unpaired) electrons. The summed E-state index contributed by atoms with van der Waals surface area (Å²) < 4.78 is 0.685. The van der Waals surface area contributed by atoms with Gasteiger partial charge in [-0.15, -0.1) is 0 Å². The van der Waals surface area contributed by atoms with Crippen LogP contribution >= 0.6 is 0 Å². The van der Waals surface area contributed by atoms with Gasteiger partial charge >= 0.3 is 49.0 Å². The predicted molar refractivity (Wildman–Crippen MR) is 58.6 cm³/mol. The van der Waals surface area contributed by atoms with Crippen LogP contribution in [0.15, 0.2) is 72.9 Å². The molecule has 0 saturated heterocycles. The predicted octanol–water partition coefficient (Wildman–Crippen LogP) is 3.67. The van der Waals surface area contributed by atoms with Gasteiger partial charge in [0.2, 0.25) is 0 Å². The molecule has 0 unspecified atom stereocenters. The summed E-state index contributed by atoms with van der Waals surface area (Å²) in [5.41, 5.74) is 0. The van der Waals surface area contributed by atoms with E-state index in [-0.39, 0.29) is 0 Å². The van der Waals surface area contributed by atoms with Crippen LogP contribution in [0.1, 0.15) is 0 Å². The number of allylic oxidation sites excluding steroid dienone is 12. The first-order valence-electron chi connectivity index (χ1n) is 4.62. The molecule has 1 heteroatoms. The van der Waals surface area contributed by atoms with E-state index in [1.165, 1.54) is 0 Å². The van der Waals surface area contributed by atoms with Crippen molar-refractivity contribution < 1.29 is 20.4 Å². The summed E-state index contributed by atoms with van der Waals surface area (Å²) >= 11 is 2.17. The molecule has 0 atom stereocenters. The van der Waals surface area contributed by atoms with Crippen LogP contribution in [0.25, 0.3) is 0 Å². The zero-order chi connectivity index (χ0) is 10.1. The first-order valence-corrected chi connectivity index (χ1v) is 5.52. The molecule has 0 bridgehead atoms. The molecule has 14 heavy (non-hydrogen) atoms. The Balaban J connectivity index is 0.000000146. The van der Waals surface area contributed by atoms with E-state index in [9.17, 15) is 0 Å². The fourth-order valence-corrected chi connectivity index (χ4v) is 1.29. The molecule has 0 nitrogen and oxygen atoms in total. The number of rotatable bonds is 0. The zero-order valence-corrected chi connectivity index (χ0v) is 9.57. The molecule has 0 aliphatic heterocycles. The van der Waals surface area contributed by atoms with Gasteiger partial charge in [-0.3, -0.25) is 0 Å². The second kappa shape index (κ2) is 7.55. The monoisotopic (exact) mass is 217 g/mol. The van der Waals surface area contributed by atoms with Crippen LogP contribution in [0.4, 0.5) is 0 Å². The van der Waals surface area contributed by atoms with E-state index in [1.54, 1.807) is 0 Å². The molecule has 2 rings (SSSR count). The number of hydrogen-bond acceptors (Lipinski definition) is 0. The fraction of sp³-hybridized carbons (Fsp3) is 0.0769. The summed E-state index contributed by atoms with van der Waals surface area (Å²) in [4.78, 5) is 0. The molecule has 0 aromatic carbocycles. The molecule has 69 valence electrons. The van der Waals surface area contributed by atoms with Gasteiger partial charge in [-0.05, 0) is 0 Å². The topological polar surface area (TPSA) is 0 Å². The SMILES string of the molecule is C1=CC=CC=CC=C1.[Ti][CH]1C=CC=C1. The van der Waals surface area contributed by atoms with Crippen molar-refractivity contribution in [2.45, 2.75) is 4.22 Å². The Bertz CT molecular complexity index is 246. The average molecular weight is 217 g/mol. The van der Waals surface area contributed by atoms with Crippen molar-refractivity contribution in [1.82, 2.24) is 0 Å². The van der Waals surface area contributed by atoms with Gasteiger partial charge in [0.15, 0.2) is 0 Å². The van der Waals surface area contributed by atoms with Crippen LogP contribution in [-0.4, -0.2) is 0 Å². The van der Waals surface area contributed by atoms with E-state index in [1.807, 2.05) is 48.6 Å². The summed E-state index contributed by atoms with van der Waals surface area (Å²) in [7, 11) is 0. The molecule has 0 aromatic heterocycles. The van der Waals surface area contributed by atoms with Crippen molar-refractivity contribution in [1.29, 1.82) is 0 Å². The summed E-state index contributed by atoms with van der Waals surface area (Å²) in [6.45, 7) is 0. The quantitative estimate of drug-likeness (QED) is 0.543. The molecule has 0 heterocycles. The van der Waals surface area contributed by atoms with Crippen molar-refractivity contribution in [3.63, 3.8) is 0 Å². The molecule has 0 spiro atoms. The minimum absolute atomic E-state index is 0.685. The maximum atomic E-state index is 2.17. The van der Waals surface area contributed by atoms with Gasteiger partial charge < -0.3 is 0 Å². The van der Waals surface area contributed by atoms with Crippen molar-refractivity contribution in [2.75, 3.05) is 0 Å². The Labute approximate surface area is 97.5 Å². The van der Waals surface area contributed by atoms with Gasteiger partial charge in [-0.2, -0.15) is 0 Å².